The Labute approximate surface area is 125 Å². The van der Waals surface area contributed by atoms with E-state index in [2.05, 4.69) is 5.32 Å². The topological polar surface area (TPSA) is 32.3 Å². The maximum Gasteiger partial charge on any atom is 0.253 e. The molecule has 0 aromatic heterocycles. The molecule has 112 valence electrons. The second-order valence-electron chi connectivity index (χ2n) is 5.28. The molecule has 20 heavy (non-hydrogen) atoms. The number of piperidine rings is 1. The number of carbonyl (C=O) groups excluding carboxylic acids is 1. The second-order valence-corrected chi connectivity index (χ2v) is 5.28. The summed E-state index contributed by atoms with van der Waals surface area (Å²) in [5, 5.41) is 3.16. The fourth-order valence-corrected chi connectivity index (χ4v) is 2.61. The number of hydrogen-bond donors (Lipinski definition) is 1. The van der Waals surface area contributed by atoms with Crippen molar-refractivity contribution in [2.45, 2.75) is 19.8 Å². The van der Waals surface area contributed by atoms with E-state index in [4.69, 9.17) is 0 Å². The summed E-state index contributed by atoms with van der Waals surface area (Å²) in [5.41, 5.74) is 1.02. The number of benzene rings is 1. The van der Waals surface area contributed by atoms with Crippen molar-refractivity contribution >= 4 is 18.3 Å². The van der Waals surface area contributed by atoms with Gasteiger partial charge >= 0.3 is 0 Å². The molecule has 1 aliphatic rings. The highest BCUT2D eigenvalue weighted by Gasteiger charge is 2.24. The molecule has 1 heterocycles. The van der Waals surface area contributed by atoms with Crippen LogP contribution in [0.1, 0.15) is 28.8 Å². The first-order valence-corrected chi connectivity index (χ1v) is 6.82. The third kappa shape index (κ3) is 3.93. The Hall–Kier alpha value is -1.13. The number of amides is 1. The predicted octanol–water partition coefficient (Wildman–Crippen LogP) is 2.63. The summed E-state index contributed by atoms with van der Waals surface area (Å²) in [6.45, 7) is 4.16. The highest BCUT2D eigenvalue weighted by Crippen LogP contribution is 2.19. The van der Waals surface area contributed by atoms with E-state index < -0.39 is 0 Å². The zero-order valence-electron chi connectivity index (χ0n) is 12.0. The Balaban J connectivity index is 0.00000200. The molecule has 1 saturated heterocycles. The van der Waals surface area contributed by atoms with Gasteiger partial charge in [0.25, 0.3) is 5.91 Å². The average Bonchev–Trinajstić information content (AvgIpc) is 2.42. The molecular formula is C15H22ClFN2O. The standard InChI is InChI=1S/C15H21FN2O.ClH/c1-11-5-6-13(8-14(11)16)15(19)18-7-3-4-12(10-18)9-17-2;/h5-6,8,12,17H,3-4,7,9-10H2,1-2H3;1H. The van der Waals surface area contributed by atoms with Crippen molar-refractivity contribution in [3.63, 3.8) is 0 Å². The summed E-state index contributed by atoms with van der Waals surface area (Å²) >= 11 is 0. The van der Waals surface area contributed by atoms with Gasteiger partial charge in [-0.25, -0.2) is 4.39 Å². The molecule has 3 nitrogen and oxygen atoms in total. The number of rotatable bonds is 3. The number of carbonyl (C=O) groups is 1. The van der Waals surface area contributed by atoms with Crippen LogP contribution in [0.3, 0.4) is 0 Å². The van der Waals surface area contributed by atoms with E-state index in [1.54, 1.807) is 19.1 Å². The number of nitrogens with one attached hydrogen (secondary N) is 1. The first-order chi connectivity index (χ1) is 9.11. The number of halogens is 2. The normalized spacial score (nSPS) is 18.6. The van der Waals surface area contributed by atoms with Crippen LogP contribution in [0.5, 0.6) is 0 Å². The largest absolute Gasteiger partial charge is 0.338 e. The van der Waals surface area contributed by atoms with Crippen molar-refractivity contribution in [3.8, 4) is 0 Å². The number of likely N-dealkylation sites (tertiary alicyclic amines) is 1. The van der Waals surface area contributed by atoms with Crippen LogP contribution in [-0.2, 0) is 0 Å². The molecule has 1 aliphatic heterocycles. The van der Waals surface area contributed by atoms with Crippen LogP contribution in [0.25, 0.3) is 0 Å². The molecule has 1 fully saturated rings. The van der Waals surface area contributed by atoms with E-state index in [0.29, 0.717) is 17.0 Å². The van der Waals surface area contributed by atoms with Crippen molar-refractivity contribution in [3.05, 3.63) is 35.1 Å². The van der Waals surface area contributed by atoms with Crippen LogP contribution in [0, 0.1) is 18.7 Å². The lowest BCUT2D eigenvalue weighted by Crippen LogP contribution is -2.42. The Bertz CT molecular complexity index is 465. The quantitative estimate of drug-likeness (QED) is 0.931. The van der Waals surface area contributed by atoms with Crippen molar-refractivity contribution in [1.82, 2.24) is 10.2 Å². The van der Waals surface area contributed by atoms with Crippen LogP contribution in [0.4, 0.5) is 4.39 Å². The van der Waals surface area contributed by atoms with Crippen molar-refractivity contribution < 1.29 is 9.18 Å². The lowest BCUT2D eigenvalue weighted by Gasteiger charge is -2.32. The molecular weight excluding hydrogens is 279 g/mol. The van der Waals surface area contributed by atoms with Gasteiger partial charge in [0.1, 0.15) is 5.82 Å². The highest BCUT2D eigenvalue weighted by atomic mass is 35.5. The van der Waals surface area contributed by atoms with Gasteiger partial charge in [0, 0.05) is 18.7 Å². The minimum atomic E-state index is -0.311. The molecule has 0 radical (unpaired) electrons. The monoisotopic (exact) mass is 300 g/mol. The zero-order chi connectivity index (χ0) is 13.8. The fourth-order valence-electron chi connectivity index (χ4n) is 2.61. The van der Waals surface area contributed by atoms with Crippen molar-refractivity contribution in [2.75, 3.05) is 26.7 Å². The maximum absolute atomic E-state index is 13.5. The van der Waals surface area contributed by atoms with Crippen molar-refractivity contribution in [1.29, 1.82) is 0 Å². The van der Waals surface area contributed by atoms with Gasteiger partial charge in [0.2, 0.25) is 0 Å². The summed E-state index contributed by atoms with van der Waals surface area (Å²) in [7, 11) is 1.93. The number of nitrogens with zero attached hydrogens (tertiary/aromatic N) is 1. The van der Waals surface area contributed by atoms with E-state index in [9.17, 15) is 9.18 Å². The van der Waals surface area contributed by atoms with Crippen LogP contribution < -0.4 is 5.32 Å². The minimum absolute atomic E-state index is 0. The minimum Gasteiger partial charge on any atom is -0.338 e. The zero-order valence-corrected chi connectivity index (χ0v) is 12.8. The molecule has 1 unspecified atom stereocenters. The highest BCUT2D eigenvalue weighted by molar-refractivity contribution is 5.94. The summed E-state index contributed by atoms with van der Waals surface area (Å²) in [6, 6.07) is 4.72. The Morgan fingerprint density at radius 2 is 2.25 bits per heavy atom. The fraction of sp³-hybridized carbons (Fsp3) is 0.533. The van der Waals surface area contributed by atoms with E-state index in [0.717, 1.165) is 32.5 Å². The smallest absolute Gasteiger partial charge is 0.253 e. The first kappa shape index (κ1) is 16.9. The van der Waals surface area contributed by atoms with Crippen molar-refractivity contribution in [2.24, 2.45) is 5.92 Å². The summed E-state index contributed by atoms with van der Waals surface area (Å²) in [4.78, 5) is 14.2. The van der Waals surface area contributed by atoms with Gasteiger partial charge in [0.15, 0.2) is 0 Å². The SMILES string of the molecule is CNCC1CCCN(C(=O)c2ccc(C)c(F)c2)C1.Cl. The van der Waals surface area contributed by atoms with Crippen LogP contribution in [0.2, 0.25) is 0 Å². The number of hydrogen-bond acceptors (Lipinski definition) is 2. The number of aryl methyl sites for hydroxylation is 1. The van der Waals surface area contributed by atoms with Crippen LogP contribution >= 0.6 is 12.4 Å². The molecule has 1 N–H and O–H groups in total. The van der Waals surface area contributed by atoms with Gasteiger partial charge in [-0.2, -0.15) is 0 Å². The van der Waals surface area contributed by atoms with E-state index >= 15 is 0 Å². The third-order valence-electron chi connectivity index (χ3n) is 3.72. The molecule has 1 aromatic carbocycles. The predicted molar refractivity (Wildman–Crippen MR) is 80.9 cm³/mol. The second kappa shape index (κ2) is 7.60. The van der Waals surface area contributed by atoms with Crippen LogP contribution in [0.15, 0.2) is 18.2 Å². The molecule has 2 rings (SSSR count). The van der Waals surface area contributed by atoms with E-state index in [1.165, 1.54) is 6.07 Å². The Kier molecular flexibility index (Phi) is 6.43. The molecule has 1 aromatic rings. The molecule has 1 amide bonds. The van der Waals surface area contributed by atoms with Gasteiger partial charge in [0.05, 0.1) is 0 Å². The average molecular weight is 301 g/mol. The van der Waals surface area contributed by atoms with Gasteiger partial charge in [-0.3, -0.25) is 4.79 Å². The molecule has 1 atom stereocenters. The Morgan fingerprint density at radius 1 is 1.50 bits per heavy atom. The van der Waals surface area contributed by atoms with Crippen LogP contribution in [-0.4, -0.2) is 37.5 Å². The maximum atomic E-state index is 13.5. The molecule has 0 spiro atoms. The summed E-state index contributed by atoms with van der Waals surface area (Å²) < 4.78 is 13.5. The molecule has 0 bridgehead atoms. The Morgan fingerprint density at radius 3 is 2.90 bits per heavy atom. The van der Waals surface area contributed by atoms with Gasteiger partial charge < -0.3 is 10.2 Å². The lowest BCUT2D eigenvalue weighted by atomic mass is 9.97. The van der Waals surface area contributed by atoms with Gasteiger partial charge in [-0.1, -0.05) is 6.07 Å². The molecule has 0 saturated carbocycles. The summed E-state index contributed by atoms with van der Waals surface area (Å²) in [6.07, 6.45) is 2.17. The molecule has 5 heteroatoms. The first-order valence-electron chi connectivity index (χ1n) is 6.82. The van der Waals surface area contributed by atoms with E-state index in [-0.39, 0.29) is 24.1 Å². The van der Waals surface area contributed by atoms with E-state index in [1.807, 2.05) is 11.9 Å². The third-order valence-corrected chi connectivity index (χ3v) is 3.72. The van der Waals surface area contributed by atoms with Gasteiger partial charge in [-0.15, -0.1) is 12.4 Å². The summed E-state index contributed by atoms with van der Waals surface area (Å²) in [5.74, 6) is 0.132. The van der Waals surface area contributed by atoms with Gasteiger partial charge in [-0.05, 0) is 57.0 Å². The molecule has 0 aliphatic carbocycles. The lowest BCUT2D eigenvalue weighted by molar-refractivity contribution is 0.0674.